The zero-order valence-corrected chi connectivity index (χ0v) is 18.5. The first-order chi connectivity index (χ1) is 14.0. The number of hydrogen-bond donors (Lipinski definition) is 1. The van der Waals surface area contributed by atoms with Crippen LogP contribution >= 0.6 is 7.26 Å². The van der Waals surface area contributed by atoms with E-state index in [0.717, 1.165) is 11.7 Å². The van der Waals surface area contributed by atoms with E-state index in [2.05, 4.69) is 29.6 Å². The number of aryl methyl sites for hydroxylation is 1. The minimum atomic E-state index is -1.75. The molecular formula is C24H32NO3P. The van der Waals surface area contributed by atoms with Crippen molar-refractivity contribution in [1.29, 1.82) is 0 Å². The van der Waals surface area contributed by atoms with Gasteiger partial charge < -0.3 is 0 Å². The molecule has 1 fully saturated rings. The first-order valence-electron chi connectivity index (χ1n) is 10.6. The fourth-order valence-electron chi connectivity index (χ4n) is 4.48. The maximum absolute atomic E-state index is 13.1. The van der Waals surface area contributed by atoms with Gasteiger partial charge in [0.15, 0.2) is 0 Å². The number of rotatable bonds is 7. The van der Waals surface area contributed by atoms with Crippen LogP contribution < -0.4 is 5.32 Å². The summed E-state index contributed by atoms with van der Waals surface area (Å²) in [5, 5.41) is 3.07. The molecule has 156 valence electrons. The molecule has 5 heteroatoms. The number of amides is 1. The summed E-state index contributed by atoms with van der Waals surface area (Å²) >= 11 is 0. The quantitative estimate of drug-likeness (QED) is 0.499. The van der Waals surface area contributed by atoms with Crippen molar-refractivity contribution in [3.05, 3.63) is 65.2 Å². The summed E-state index contributed by atoms with van der Waals surface area (Å²) in [6, 6.07) is 16.0. The van der Waals surface area contributed by atoms with E-state index in [1.54, 1.807) is 13.0 Å². The van der Waals surface area contributed by atoms with Crippen molar-refractivity contribution in [3.63, 3.8) is 0 Å². The van der Waals surface area contributed by atoms with Crippen molar-refractivity contribution in [2.24, 2.45) is 0 Å². The molecule has 1 aliphatic heterocycles. The Morgan fingerprint density at radius 3 is 2.41 bits per heavy atom. The van der Waals surface area contributed by atoms with E-state index in [-0.39, 0.29) is 11.9 Å². The Morgan fingerprint density at radius 2 is 1.72 bits per heavy atom. The fraction of sp³-hybridized carbons (Fsp3) is 0.417. The first kappa shape index (κ1) is 21.5. The molecule has 1 amide bonds. The monoisotopic (exact) mass is 413 g/mol. The summed E-state index contributed by atoms with van der Waals surface area (Å²) in [5.41, 5.74) is 3.25. The number of para-hydroxylation sites is 1. The zero-order chi connectivity index (χ0) is 20.7. The van der Waals surface area contributed by atoms with Gasteiger partial charge in [-0.15, -0.1) is 0 Å². The summed E-state index contributed by atoms with van der Waals surface area (Å²) in [5.74, 6) is -0.352. The number of esters is 1. The van der Waals surface area contributed by atoms with Crippen LogP contribution in [0.5, 0.6) is 0 Å². The SMILES string of the molecule is CCOC(=O)c1cccc(C)c1NC(=O)C[PH]1(Cc2ccccc2)CCCCC1. The van der Waals surface area contributed by atoms with Crippen LogP contribution in [0.15, 0.2) is 48.5 Å². The number of carbonyl (C=O) groups excluding carboxylic acids is 2. The summed E-state index contributed by atoms with van der Waals surface area (Å²) in [6.45, 7) is 4.01. The summed E-state index contributed by atoms with van der Waals surface area (Å²) in [4.78, 5) is 25.5. The van der Waals surface area contributed by atoms with Crippen LogP contribution in [0.3, 0.4) is 0 Å². The summed E-state index contributed by atoms with van der Waals surface area (Å²) < 4.78 is 5.17. The van der Waals surface area contributed by atoms with E-state index in [0.29, 0.717) is 24.0 Å². The third-order valence-corrected chi connectivity index (χ3v) is 11.0. The van der Waals surface area contributed by atoms with Gasteiger partial charge in [0.05, 0.1) is 0 Å². The number of anilines is 1. The molecule has 0 spiro atoms. The van der Waals surface area contributed by atoms with Gasteiger partial charge in [0.25, 0.3) is 0 Å². The molecule has 0 aliphatic carbocycles. The molecule has 0 atom stereocenters. The average molecular weight is 413 g/mol. The van der Waals surface area contributed by atoms with E-state index in [1.165, 1.54) is 37.1 Å². The van der Waals surface area contributed by atoms with Crippen molar-refractivity contribution in [1.82, 2.24) is 0 Å². The van der Waals surface area contributed by atoms with E-state index in [9.17, 15) is 9.59 Å². The molecule has 1 N–H and O–H groups in total. The Kier molecular flexibility index (Phi) is 7.44. The Bertz CT molecular complexity index is 844. The topological polar surface area (TPSA) is 55.4 Å². The van der Waals surface area contributed by atoms with Crippen molar-refractivity contribution in [3.8, 4) is 0 Å². The molecule has 4 nitrogen and oxygen atoms in total. The molecule has 3 rings (SSSR count). The van der Waals surface area contributed by atoms with E-state index in [4.69, 9.17) is 4.74 Å². The fourth-order valence-corrected chi connectivity index (χ4v) is 9.44. The molecule has 0 radical (unpaired) electrons. The molecular weight excluding hydrogens is 381 g/mol. The Hall–Kier alpha value is -2.19. The number of hydrogen-bond acceptors (Lipinski definition) is 3. The van der Waals surface area contributed by atoms with Gasteiger partial charge in [-0.1, -0.05) is 0 Å². The zero-order valence-electron chi connectivity index (χ0n) is 17.5. The van der Waals surface area contributed by atoms with E-state index in [1.807, 2.05) is 25.1 Å². The standard InChI is InChI=1S/C24H32NO3P/c1-3-28-24(27)21-14-10-11-19(2)23(21)25-22(26)18-29(15-8-5-9-16-29)17-20-12-6-4-7-13-20/h4,6-7,10-14,29H,3,5,8-9,15-18H2,1-2H3,(H,25,26). The number of ether oxygens (including phenoxy) is 1. The molecule has 2 aromatic carbocycles. The summed E-state index contributed by atoms with van der Waals surface area (Å²) in [7, 11) is -1.75. The molecule has 2 aromatic rings. The van der Waals surface area contributed by atoms with Crippen LogP contribution in [0.25, 0.3) is 0 Å². The molecule has 0 unspecified atom stereocenters. The normalized spacial score (nSPS) is 16.6. The number of carbonyl (C=O) groups is 2. The third-order valence-electron chi connectivity index (χ3n) is 5.90. The van der Waals surface area contributed by atoms with Gasteiger partial charge in [0, 0.05) is 0 Å². The number of nitrogens with one attached hydrogen (secondary N) is 1. The molecule has 1 aliphatic rings. The Balaban J connectivity index is 1.78. The van der Waals surface area contributed by atoms with Gasteiger partial charge in [0.2, 0.25) is 0 Å². The number of benzene rings is 2. The van der Waals surface area contributed by atoms with Crippen molar-refractivity contribution < 1.29 is 14.3 Å². The average Bonchev–Trinajstić information content (AvgIpc) is 2.71. The predicted molar refractivity (Wildman–Crippen MR) is 123 cm³/mol. The van der Waals surface area contributed by atoms with Gasteiger partial charge in [-0.2, -0.15) is 0 Å². The van der Waals surface area contributed by atoms with Gasteiger partial charge in [0.1, 0.15) is 0 Å². The van der Waals surface area contributed by atoms with E-state index < -0.39 is 7.26 Å². The Morgan fingerprint density at radius 1 is 1.00 bits per heavy atom. The van der Waals surface area contributed by atoms with E-state index >= 15 is 0 Å². The van der Waals surface area contributed by atoms with Crippen LogP contribution in [0.1, 0.15) is 47.7 Å². The van der Waals surface area contributed by atoms with Gasteiger partial charge in [-0.3, -0.25) is 0 Å². The minimum absolute atomic E-state index is 0.0364. The van der Waals surface area contributed by atoms with Crippen molar-refractivity contribution >= 4 is 24.8 Å². The first-order valence-corrected chi connectivity index (χ1v) is 13.5. The molecule has 1 saturated heterocycles. The van der Waals surface area contributed by atoms with Crippen molar-refractivity contribution in [2.75, 3.05) is 30.4 Å². The Labute approximate surface area is 174 Å². The third kappa shape index (κ3) is 5.67. The molecule has 0 bridgehead atoms. The molecule has 1 heterocycles. The second-order valence-corrected chi connectivity index (χ2v) is 12.9. The molecule has 0 aromatic heterocycles. The second kappa shape index (κ2) is 10.0. The van der Waals surface area contributed by atoms with Crippen LogP contribution in [0.4, 0.5) is 5.69 Å². The van der Waals surface area contributed by atoms with Gasteiger partial charge >= 0.3 is 174 Å². The summed E-state index contributed by atoms with van der Waals surface area (Å²) in [6.07, 6.45) is 7.80. The van der Waals surface area contributed by atoms with Crippen LogP contribution in [-0.2, 0) is 15.7 Å². The van der Waals surface area contributed by atoms with Gasteiger partial charge in [-0.05, 0) is 0 Å². The maximum atomic E-state index is 13.1. The molecule has 29 heavy (non-hydrogen) atoms. The molecule has 0 saturated carbocycles. The van der Waals surface area contributed by atoms with Crippen molar-refractivity contribution in [2.45, 2.75) is 39.3 Å². The van der Waals surface area contributed by atoms with Crippen LogP contribution in [0, 0.1) is 6.92 Å². The van der Waals surface area contributed by atoms with Crippen LogP contribution in [0.2, 0.25) is 0 Å². The second-order valence-electron chi connectivity index (χ2n) is 8.17. The predicted octanol–water partition coefficient (Wildman–Crippen LogP) is 5.24. The van der Waals surface area contributed by atoms with Crippen LogP contribution in [-0.4, -0.2) is 37.0 Å². The van der Waals surface area contributed by atoms with Gasteiger partial charge in [-0.25, -0.2) is 0 Å².